The summed E-state index contributed by atoms with van der Waals surface area (Å²) >= 11 is 0. The van der Waals surface area contributed by atoms with E-state index < -0.39 is 11.9 Å². The van der Waals surface area contributed by atoms with E-state index in [1.165, 1.54) is 58.0 Å². The molecule has 214 valence electrons. The third kappa shape index (κ3) is 8.36. The van der Waals surface area contributed by atoms with Crippen molar-refractivity contribution in [2.24, 2.45) is 0 Å². The molecule has 0 aliphatic carbocycles. The fraction of sp³-hybridized carbons (Fsp3) is 0.172. The van der Waals surface area contributed by atoms with Crippen molar-refractivity contribution < 1.29 is 47.2 Å². The van der Waals surface area contributed by atoms with E-state index in [1.54, 1.807) is 36.4 Å². The van der Waals surface area contributed by atoms with Crippen LogP contribution < -0.4 is 18.9 Å². The fourth-order valence-corrected chi connectivity index (χ4v) is 3.26. The maximum Gasteiger partial charge on any atom is 0.356 e. The molecule has 2 aromatic heterocycles. The molecule has 41 heavy (non-hydrogen) atoms. The Bertz CT molecular complexity index is 1500. The molecule has 0 amide bonds. The number of nitrogens with zero attached hydrogens (tertiary/aromatic N) is 2. The zero-order chi connectivity index (χ0) is 29.8. The summed E-state index contributed by atoms with van der Waals surface area (Å²) in [6, 6.07) is 15.2. The van der Waals surface area contributed by atoms with Crippen LogP contribution in [-0.2, 0) is 18.0 Å². The van der Waals surface area contributed by atoms with Crippen LogP contribution in [0.15, 0.2) is 73.1 Å². The Hall–Kier alpha value is -5.26. The molecule has 1 N–H and O–H groups in total. The SMILES string of the molecule is COC(=O)c1cc(OC)c(OCc2ccccc2F)cn1.COc1cc(C(=O)O)ncc1OCc1ccccc1F. The van der Waals surface area contributed by atoms with Gasteiger partial charge in [0.15, 0.2) is 34.4 Å². The Morgan fingerprint density at radius 3 is 1.56 bits per heavy atom. The number of esters is 1. The molecule has 0 atom stereocenters. The van der Waals surface area contributed by atoms with Crippen molar-refractivity contribution in [2.45, 2.75) is 13.2 Å². The summed E-state index contributed by atoms with van der Waals surface area (Å²) in [7, 11) is 4.09. The van der Waals surface area contributed by atoms with E-state index in [0.29, 0.717) is 22.6 Å². The van der Waals surface area contributed by atoms with Crippen LogP contribution in [0.3, 0.4) is 0 Å². The number of hydrogen-bond donors (Lipinski definition) is 1. The van der Waals surface area contributed by atoms with Crippen LogP contribution in [0.4, 0.5) is 8.78 Å². The maximum absolute atomic E-state index is 13.5. The number of halogens is 2. The molecule has 2 aromatic carbocycles. The molecule has 12 heteroatoms. The molecule has 0 aliphatic rings. The molecule has 0 spiro atoms. The number of methoxy groups -OCH3 is 3. The molecule has 0 fully saturated rings. The lowest BCUT2D eigenvalue weighted by molar-refractivity contribution is 0.0592. The summed E-state index contributed by atoms with van der Waals surface area (Å²) in [4.78, 5) is 29.8. The van der Waals surface area contributed by atoms with Gasteiger partial charge in [-0.3, -0.25) is 0 Å². The fourth-order valence-electron chi connectivity index (χ4n) is 3.26. The number of aromatic nitrogens is 2. The summed E-state index contributed by atoms with van der Waals surface area (Å²) in [5.41, 5.74) is 0.751. The Morgan fingerprint density at radius 2 is 1.15 bits per heavy atom. The quantitative estimate of drug-likeness (QED) is 0.258. The highest BCUT2D eigenvalue weighted by Gasteiger charge is 2.14. The van der Waals surface area contributed by atoms with E-state index in [-0.39, 0.29) is 47.7 Å². The Balaban J connectivity index is 0.000000226. The molecular weight excluding hydrogens is 542 g/mol. The first-order chi connectivity index (χ1) is 19.8. The monoisotopic (exact) mass is 568 g/mol. The third-order valence-electron chi connectivity index (χ3n) is 5.40. The molecule has 10 nitrogen and oxygen atoms in total. The predicted molar refractivity (Wildman–Crippen MR) is 141 cm³/mol. The van der Waals surface area contributed by atoms with Crippen molar-refractivity contribution in [3.8, 4) is 23.0 Å². The van der Waals surface area contributed by atoms with Gasteiger partial charge >= 0.3 is 11.9 Å². The number of carboxylic acid groups (broad SMARTS) is 1. The van der Waals surface area contributed by atoms with Crippen molar-refractivity contribution in [1.82, 2.24) is 9.97 Å². The summed E-state index contributed by atoms with van der Waals surface area (Å²) < 4.78 is 52.6. The summed E-state index contributed by atoms with van der Waals surface area (Å²) in [5, 5.41) is 8.83. The first-order valence-corrected chi connectivity index (χ1v) is 11.9. The number of ether oxygens (including phenoxy) is 5. The Labute approximate surface area is 234 Å². The van der Waals surface area contributed by atoms with Crippen LogP contribution in [0.5, 0.6) is 23.0 Å². The molecule has 0 aliphatic heterocycles. The molecule has 0 bridgehead atoms. The highest BCUT2D eigenvalue weighted by molar-refractivity contribution is 5.87. The van der Waals surface area contributed by atoms with Crippen molar-refractivity contribution in [3.05, 3.63) is 107 Å². The van der Waals surface area contributed by atoms with E-state index in [4.69, 9.17) is 24.1 Å². The third-order valence-corrected chi connectivity index (χ3v) is 5.40. The Kier molecular flexibility index (Phi) is 10.9. The summed E-state index contributed by atoms with van der Waals surface area (Å²) in [6.07, 6.45) is 2.58. The molecular formula is C29H26F2N2O8. The van der Waals surface area contributed by atoms with Gasteiger partial charge in [-0.25, -0.2) is 28.3 Å². The van der Waals surface area contributed by atoms with Crippen molar-refractivity contribution in [3.63, 3.8) is 0 Å². The van der Waals surface area contributed by atoms with Crippen LogP contribution in [0, 0.1) is 11.6 Å². The van der Waals surface area contributed by atoms with Crippen LogP contribution in [0.25, 0.3) is 0 Å². The highest BCUT2D eigenvalue weighted by Crippen LogP contribution is 2.28. The maximum atomic E-state index is 13.5. The normalized spacial score (nSPS) is 10.1. The second kappa shape index (κ2) is 14.8. The smallest absolute Gasteiger partial charge is 0.356 e. The molecule has 0 radical (unpaired) electrons. The molecule has 0 saturated carbocycles. The van der Waals surface area contributed by atoms with Crippen molar-refractivity contribution in [2.75, 3.05) is 21.3 Å². The molecule has 0 saturated heterocycles. The van der Waals surface area contributed by atoms with Gasteiger partial charge < -0.3 is 28.8 Å². The van der Waals surface area contributed by atoms with Gasteiger partial charge in [-0.1, -0.05) is 36.4 Å². The second-order valence-corrected chi connectivity index (χ2v) is 8.00. The van der Waals surface area contributed by atoms with Crippen LogP contribution in [0.2, 0.25) is 0 Å². The highest BCUT2D eigenvalue weighted by atomic mass is 19.1. The minimum Gasteiger partial charge on any atom is -0.493 e. The lowest BCUT2D eigenvalue weighted by Crippen LogP contribution is -2.06. The van der Waals surface area contributed by atoms with Crippen molar-refractivity contribution >= 4 is 11.9 Å². The second-order valence-electron chi connectivity index (χ2n) is 8.00. The molecule has 4 rings (SSSR count). The van der Waals surface area contributed by atoms with E-state index in [0.717, 1.165) is 0 Å². The number of carbonyl (C=O) groups excluding carboxylic acids is 1. The molecule has 4 aromatic rings. The summed E-state index contributed by atoms with van der Waals surface area (Å²) in [5.74, 6) is -1.35. The number of carboxylic acids is 1. The van der Waals surface area contributed by atoms with E-state index in [2.05, 4.69) is 14.7 Å². The van der Waals surface area contributed by atoms with Gasteiger partial charge in [-0.2, -0.15) is 0 Å². The van der Waals surface area contributed by atoms with Gasteiger partial charge in [-0.15, -0.1) is 0 Å². The molecule has 2 heterocycles. The number of aromatic carboxylic acids is 1. The number of carbonyl (C=O) groups is 2. The van der Waals surface area contributed by atoms with E-state index in [1.807, 2.05) is 0 Å². The minimum absolute atomic E-state index is 0.00285. The zero-order valence-electron chi connectivity index (χ0n) is 22.3. The van der Waals surface area contributed by atoms with Crippen LogP contribution in [0.1, 0.15) is 32.1 Å². The average Bonchev–Trinajstić information content (AvgIpc) is 3.00. The van der Waals surface area contributed by atoms with Gasteiger partial charge in [0.1, 0.15) is 24.8 Å². The standard InChI is InChI=1S/C15H14FNO4.C14H12FNO4/c1-19-13-7-12(15(18)20-2)17-8-14(13)21-9-10-5-3-4-6-11(10)16;1-19-12-6-11(14(17)18)16-7-13(12)20-8-9-4-2-3-5-10(9)15/h3-8H,9H2,1-2H3;2-7H,8H2,1H3,(H,17,18). The number of benzene rings is 2. The topological polar surface area (TPSA) is 126 Å². The largest absolute Gasteiger partial charge is 0.493 e. The lowest BCUT2D eigenvalue weighted by atomic mass is 10.2. The number of hydrogen-bond acceptors (Lipinski definition) is 9. The lowest BCUT2D eigenvalue weighted by Gasteiger charge is -2.11. The first-order valence-electron chi connectivity index (χ1n) is 11.9. The minimum atomic E-state index is -1.16. The average molecular weight is 569 g/mol. The van der Waals surface area contributed by atoms with Crippen LogP contribution in [-0.4, -0.2) is 48.3 Å². The van der Waals surface area contributed by atoms with Gasteiger partial charge in [-0.05, 0) is 12.1 Å². The number of pyridine rings is 2. The van der Waals surface area contributed by atoms with Gasteiger partial charge in [0, 0.05) is 23.3 Å². The summed E-state index contributed by atoms with van der Waals surface area (Å²) in [6.45, 7) is 0.0272. The zero-order valence-corrected chi connectivity index (χ0v) is 22.3. The Morgan fingerprint density at radius 1 is 0.707 bits per heavy atom. The van der Waals surface area contributed by atoms with Crippen LogP contribution >= 0.6 is 0 Å². The van der Waals surface area contributed by atoms with E-state index >= 15 is 0 Å². The van der Waals surface area contributed by atoms with Crippen molar-refractivity contribution in [1.29, 1.82) is 0 Å². The first kappa shape index (κ1) is 30.3. The van der Waals surface area contributed by atoms with Gasteiger partial charge in [0.05, 0.1) is 33.7 Å². The number of rotatable bonds is 10. The van der Waals surface area contributed by atoms with E-state index in [9.17, 15) is 18.4 Å². The van der Waals surface area contributed by atoms with Gasteiger partial charge in [0.2, 0.25) is 0 Å². The predicted octanol–water partition coefficient (Wildman–Crippen LogP) is 5.10. The molecule has 0 unspecified atom stereocenters. The van der Waals surface area contributed by atoms with Gasteiger partial charge in [0.25, 0.3) is 0 Å².